The molecule has 0 radical (unpaired) electrons. The van der Waals surface area contributed by atoms with E-state index in [2.05, 4.69) is 20.9 Å². The average molecular weight is 240 g/mol. The third-order valence-electron chi connectivity index (χ3n) is 1.91. The second-order valence-corrected chi connectivity index (χ2v) is 3.86. The highest BCUT2D eigenvalue weighted by Crippen LogP contribution is 2.21. The third kappa shape index (κ3) is 1.56. The molecule has 0 aliphatic heterocycles. The third-order valence-corrected chi connectivity index (χ3v) is 2.34. The lowest BCUT2D eigenvalue weighted by molar-refractivity contribution is 0.628. The molecule has 0 unspecified atom stereocenters. The second-order valence-electron chi connectivity index (χ2n) is 2.95. The molecule has 0 saturated carbocycles. The van der Waals surface area contributed by atoms with Gasteiger partial charge in [-0.3, -0.25) is 4.98 Å². The Morgan fingerprint density at radius 1 is 1.31 bits per heavy atom. The Kier molecular flexibility index (Phi) is 2.04. The van der Waals surface area contributed by atoms with Crippen molar-refractivity contribution in [2.45, 2.75) is 6.92 Å². The smallest absolute Gasteiger partial charge is 0.124 e. The summed E-state index contributed by atoms with van der Waals surface area (Å²) >= 11 is 3.30. The van der Waals surface area contributed by atoms with Crippen molar-refractivity contribution in [3.8, 4) is 0 Å². The summed E-state index contributed by atoms with van der Waals surface area (Å²) < 4.78 is 13.9. The minimum absolute atomic E-state index is 0.218. The number of hydrogen-bond acceptors (Lipinski definition) is 1. The molecule has 2 aromatic rings. The zero-order chi connectivity index (χ0) is 9.42. The first-order valence-corrected chi connectivity index (χ1v) is 4.67. The molecule has 0 aliphatic rings. The normalized spacial score (nSPS) is 10.7. The maximum absolute atomic E-state index is 13.0. The van der Waals surface area contributed by atoms with Crippen molar-refractivity contribution in [2.75, 3.05) is 0 Å². The molecule has 0 bridgehead atoms. The van der Waals surface area contributed by atoms with Crippen LogP contribution in [0.1, 0.15) is 5.56 Å². The van der Waals surface area contributed by atoms with E-state index in [1.165, 1.54) is 12.1 Å². The van der Waals surface area contributed by atoms with Gasteiger partial charge in [0.1, 0.15) is 5.82 Å². The van der Waals surface area contributed by atoms with Crippen LogP contribution in [0.25, 0.3) is 10.9 Å². The summed E-state index contributed by atoms with van der Waals surface area (Å²) in [4.78, 5) is 4.21. The number of aryl methyl sites for hydroxylation is 1. The van der Waals surface area contributed by atoms with Crippen LogP contribution in [0.3, 0.4) is 0 Å². The van der Waals surface area contributed by atoms with Gasteiger partial charge >= 0.3 is 0 Å². The van der Waals surface area contributed by atoms with Crippen LogP contribution in [0, 0.1) is 12.7 Å². The van der Waals surface area contributed by atoms with Crippen LogP contribution >= 0.6 is 15.9 Å². The summed E-state index contributed by atoms with van der Waals surface area (Å²) in [5.74, 6) is -0.218. The largest absolute Gasteiger partial charge is 0.255 e. The van der Waals surface area contributed by atoms with E-state index < -0.39 is 0 Å². The number of hydrogen-bond donors (Lipinski definition) is 0. The molecule has 1 aromatic carbocycles. The number of pyridine rings is 1. The Morgan fingerprint density at radius 2 is 2.08 bits per heavy atom. The van der Waals surface area contributed by atoms with E-state index in [1.807, 2.05) is 13.0 Å². The first-order chi connectivity index (χ1) is 6.16. The number of rotatable bonds is 0. The molecule has 0 saturated heterocycles. The Balaban J connectivity index is 2.86. The van der Waals surface area contributed by atoms with Crippen molar-refractivity contribution in [3.63, 3.8) is 0 Å². The molecule has 3 heteroatoms. The predicted octanol–water partition coefficient (Wildman–Crippen LogP) is 3.44. The maximum atomic E-state index is 13.0. The lowest BCUT2D eigenvalue weighted by Gasteiger charge is -2.01. The topological polar surface area (TPSA) is 12.9 Å². The summed E-state index contributed by atoms with van der Waals surface area (Å²) in [6.07, 6.45) is 1.72. The van der Waals surface area contributed by atoms with Crippen molar-refractivity contribution >= 4 is 26.8 Å². The minimum Gasteiger partial charge on any atom is -0.255 e. The lowest BCUT2D eigenvalue weighted by Crippen LogP contribution is -1.85. The van der Waals surface area contributed by atoms with E-state index in [1.54, 1.807) is 6.20 Å². The van der Waals surface area contributed by atoms with Crippen molar-refractivity contribution in [3.05, 3.63) is 40.2 Å². The van der Waals surface area contributed by atoms with E-state index in [0.29, 0.717) is 0 Å². The molecule has 0 N–H and O–H groups in total. The quantitative estimate of drug-likeness (QED) is 0.687. The first kappa shape index (κ1) is 8.63. The molecule has 1 aromatic heterocycles. The van der Waals surface area contributed by atoms with Crippen molar-refractivity contribution in [2.24, 2.45) is 0 Å². The number of benzene rings is 1. The Morgan fingerprint density at radius 3 is 2.85 bits per heavy atom. The number of nitrogens with zero attached hydrogens (tertiary/aromatic N) is 1. The van der Waals surface area contributed by atoms with E-state index in [4.69, 9.17) is 0 Å². The Bertz CT molecular complexity index is 462. The standard InChI is InChI=1S/C10H7BrFN/c1-6-2-9(12)4-7-3-8(11)5-13-10(6)7/h2-5H,1H3. The van der Waals surface area contributed by atoms with Crippen LogP contribution in [0.2, 0.25) is 0 Å². The zero-order valence-corrected chi connectivity index (χ0v) is 8.60. The molecule has 0 atom stereocenters. The summed E-state index contributed by atoms with van der Waals surface area (Å²) in [7, 11) is 0. The molecule has 1 heterocycles. The van der Waals surface area contributed by atoms with Crippen LogP contribution in [0.5, 0.6) is 0 Å². The van der Waals surface area contributed by atoms with Gasteiger partial charge in [-0.2, -0.15) is 0 Å². The van der Waals surface area contributed by atoms with Crippen LogP contribution in [0.15, 0.2) is 28.9 Å². The average Bonchev–Trinajstić information content (AvgIpc) is 2.02. The van der Waals surface area contributed by atoms with Crippen molar-refractivity contribution in [1.82, 2.24) is 4.98 Å². The highest BCUT2D eigenvalue weighted by Gasteiger charge is 2.01. The number of halogens is 2. The fraction of sp³-hybridized carbons (Fsp3) is 0.100. The van der Waals surface area contributed by atoms with Gasteiger partial charge in [0.2, 0.25) is 0 Å². The van der Waals surface area contributed by atoms with Crippen molar-refractivity contribution in [1.29, 1.82) is 0 Å². The number of aromatic nitrogens is 1. The van der Waals surface area contributed by atoms with Gasteiger partial charge in [0.25, 0.3) is 0 Å². The minimum atomic E-state index is -0.218. The van der Waals surface area contributed by atoms with Gasteiger partial charge in [-0.1, -0.05) is 0 Å². The van der Waals surface area contributed by atoms with Gasteiger partial charge in [0.15, 0.2) is 0 Å². The Labute approximate surface area is 83.7 Å². The fourth-order valence-electron chi connectivity index (χ4n) is 1.36. The molecule has 2 rings (SSSR count). The molecule has 0 aliphatic carbocycles. The van der Waals surface area contributed by atoms with E-state index in [0.717, 1.165) is 20.9 Å². The SMILES string of the molecule is Cc1cc(F)cc2cc(Br)cnc12. The van der Waals surface area contributed by atoms with Crippen molar-refractivity contribution < 1.29 is 4.39 Å². The monoisotopic (exact) mass is 239 g/mol. The van der Waals surface area contributed by atoms with E-state index in [-0.39, 0.29) is 5.82 Å². The molecule has 0 fully saturated rings. The first-order valence-electron chi connectivity index (χ1n) is 3.88. The lowest BCUT2D eigenvalue weighted by atomic mass is 10.1. The van der Waals surface area contributed by atoms with Crippen LogP contribution in [0.4, 0.5) is 4.39 Å². The summed E-state index contributed by atoms with van der Waals surface area (Å²) in [6, 6.07) is 4.84. The summed E-state index contributed by atoms with van der Waals surface area (Å²) in [6.45, 7) is 1.85. The second kappa shape index (κ2) is 3.07. The summed E-state index contributed by atoms with van der Waals surface area (Å²) in [5.41, 5.74) is 1.71. The molecular formula is C10H7BrFN. The predicted molar refractivity (Wildman–Crippen MR) is 54.1 cm³/mol. The van der Waals surface area contributed by atoms with Gasteiger partial charge < -0.3 is 0 Å². The summed E-state index contributed by atoms with van der Waals surface area (Å²) in [5, 5.41) is 0.826. The zero-order valence-electron chi connectivity index (χ0n) is 7.01. The Hall–Kier alpha value is -0.960. The number of fused-ring (bicyclic) bond motifs is 1. The van der Waals surface area contributed by atoms with Gasteiger partial charge in [-0.15, -0.1) is 0 Å². The molecule has 66 valence electrons. The maximum Gasteiger partial charge on any atom is 0.124 e. The molecular weight excluding hydrogens is 233 g/mol. The highest BCUT2D eigenvalue weighted by atomic mass is 79.9. The van der Waals surface area contributed by atoms with Crippen LogP contribution in [-0.4, -0.2) is 4.98 Å². The van der Waals surface area contributed by atoms with Gasteiger partial charge in [0.05, 0.1) is 5.52 Å². The van der Waals surface area contributed by atoms with Gasteiger partial charge in [-0.05, 0) is 46.6 Å². The molecule has 13 heavy (non-hydrogen) atoms. The van der Waals surface area contributed by atoms with Crippen LogP contribution < -0.4 is 0 Å². The molecule has 1 nitrogen and oxygen atoms in total. The molecule has 0 spiro atoms. The van der Waals surface area contributed by atoms with E-state index in [9.17, 15) is 4.39 Å². The van der Waals surface area contributed by atoms with Crippen LogP contribution in [-0.2, 0) is 0 Å². The van der Waals surface area contributed by atoms with Gasteiger partial charge in [0, 0.05) is 16.1 Å². The van der Waals surface area contributed by atoms with Gasteiger partial charge in [-0.25, -0.2) is 4.39 Å². The van der Waals surface area contributed by atoms with E-state index >= 15 is 0 Å². The molecule has 0 amide bonds. The fourth-order valence-corrected chi connectivity index (χ4v) is 1.71. The highest BCUT2D eigenvalue weighted by molar-refractivity contribution is 9.10.